The fourth-order valence-electron chi connectivity index (χ4n) is 1.86. The number of benzene rings is 2. The Hall–Kier alpha value is -1.37. The largest absolute Gasteiger partial charge is 0.508 e. The first kappa shape index (κ1) is 15.0. The summed E-state index contributed by atoms with van der Waals surface area (Å²) in [6.45, 7) is 0. The molecule has 0 heterocycles. The highest BCUT2D eigenvalue weighted by Gasteiger charge is 2.21. The quantitative estimate of drug-likeness (QED) is 0.920. The van der Waals surface area contributed by atoms with Crippen LogP contribution in [-0.4, -0.2) is 31.9 Å². The predicted molar refractivity (Wildman–Crippen MR) is 82.1 cm³/mol. The van der Waals surface area contributed by atoms with Crippen molar-refractivity contribution in [2.45, 2.75) is 4.90 Å². The van der Waals surface area contributed by atoms with E-state index in [0.717, 1.165) is 0 Å². The Balaban J connectivity index is 2.71. The summed E-state index contributed by atoms with van der Waals surface area (Å²) in [4.78, 5) is 0.211. The normalized spacial score (nSPS) is 11.8. The molecule has 0 aliphatic rings. The SMILES string of the molecule is CN(C)S(=O)(=O)c1ccccc1-c1cc(O)cc(Br)c1. The van der Waals surface area contributed by atoms with Crippen LogP contribution in [0.2, 0.25) is 0 Å². The van der Waals surface area contributed by atoms with Crippen LogP contribution in [0.4, 0.5) is 0 Å². The number of rotatable bonds is 3. The lowest BCUT2D eigenvalue weighted by atomic mass is 10.1. The summed E-state index contributed by atoms with van der Waals surface area (Å²) >= 11 is 3.29. The Morgan fingerprint density at radius 3 is 2.35 bits per heavy atom. The summed E-state index contributed by atoms with van der Waals surface area (Å²) in [5.41, 5.74) is 1.19. The van der Waals surface area contributed by atoms with E-state index < -0.39 is 10.0 Å². The molecule has 0 saturated heterocycles. The maximum Gasteiger partial charge on any atom is 0.243 e. The van der Waals surface area contributed by atoms with Crippen molar-refractivity contribution in [3.8, 4) is 16.9 Å². The Morgan fingerprint density at radius 2 is 1.75 bits per heavy atom. The maximum absolute atomic E-state index is 12.3. The van der Waals surface area contributed by atoms with Gasteiger partial charge in [-0.2, -0.15) is 0 Å². The first-order chi connectivity index (χ1) is 9.32. The van der Waals surface area contributed by atoms with Crippen LogP contribution in [0.15, 0.2) is 51.8 Å². The van der Waals surface area contributed by atoms with Gasteiger partial charge in [-0.1, -0.05) is 34.1 Å². The van der Waals surface area contributed by atoms with E-state index >= 15 is 0 Å². The molecular formula is C14H14BrNO3S. The monoisotopic (exact) mass is 355 g/mol. The van der Waals surface area contributed by atoms with Crippen LogP contribution in [0.3, 0.4) is 0 Å². The third-order valence-corrected chi connectivity index (χ3v) is 5.17. The molecule has 0 amide bonds. The lowest BCUT2D eigenvalue weighted by Crippen LogP contribution is -2.22. The minimum absolute atomic E-state index is 0.0754. The molecule has 1 N–H and O–H groups in total. The summed E-state index contributed by atoms with van der Waals surface area (Å²) in [7, 11) is -0.564. The van der Waals surface area contributed by atoms with Gasteiger partial charge >= 0.3 is 0 Å². The molecule has 0 aliphatic carbocycles. The molecule has 2 rings (SSSR count). The number of sulfonamides is 1. The number of nitrogens with zero attached hydrogens (tertiary/aromatic N) is 1. The average Bonchev–Trinajstić information content (AvgIpc) is 2.37. The zero-order valence-corrected chi connectivity index (χ0v) is 13.4. The van der Waals surface area contributed by atoms with Gasteiger partial charge in [-0.15, -0.1) is 0 Å². The van der Waals surface area contributed by atoms with Crippen molar-refractivity contribution < 1.29 is 13.5 Å². The molecule has 4 nitrogen and oxygen atoms in total. The van der Waals surface area contributed by atoms with Gasteiger partial charge in [0.2, 0.25) is 10.0 Å². The number of phenolic OH excluding ortho intramolecular Hbond substituents is 1. The Labute approximate surface area is 126 Å². The number of halogens is 1. The molecule has 6 heteroatoms. The highest BCUT2D eigenvalue weighted by atomic mass is 79.9. The van der Waals surface area contributed by atoms with E-state index in [1.165, 1.54) is 24.5 Å². The van der Waals surface area contributed by atoms with Gasteiger partial charge in [-0.25, -0.2) is 12.7 Å². The van der Waals surface area contributed by atoms with E-state index in [9.17, 15) is 13.5 Å². The first-order valence-corrected chi connectivity index (χ1v) is 8.07. The molecule has 2 aromatic rings. The fourth-order valence-corrected chi connectivity index (χ4v) is 3.45. The van der Waals surface area contributed by atoms with Gasteiger partial charge in [-0.3, -0.25) is 0 Å². The summed E-state index contributed by atoms with van der Waals surface area (Å²) in [5, 5.41) is 9.67. The second-order valence-corrected chi connectivity index (χ2v) is 7.52. The zero-order chi connectivity index (χ0) is 14.9. The second kappa shape index (κ2) is 5.55. The molecule has 106 valence electrons. The zero-order valence-electron chi connectivity index (χ0n) is 11.0. The predicted octanol–water partition coefficient (Wildman–Crippen LogP) is 3.07. The van der Waals surface area contributed by atoms with Crippen LogP contribution < -0.4 is 0 Å². The molecule has 0 bridgehead atoms. The summed E-state index contributed by atoms with van der Waals surface area (Å²) in [6.07, 6.45) is 0. The number of aromatic hydroxyl groups is 1. The first-order valence-electron chi connectivity index (χ1n) is 5.84. The molecule has 0 aromatic heterocycles. The van der Waals surface area contributed by atoms with Crippen molar-refractivity contribution in [3.05, 3.63) is 46.9 Å². The molecule has 0 radical (unpaired) electrons. The van der Waals surface area contributed by atoms with Crippen LogP contribution in [0.5, 0.6) is 5.75 Å². The van der Waals surface area contributed by atoms with Crippen molar-refractivity contribution >= 4 is 26.0 Å². The number of hydrogen-bond donors (Lipinski definition) is 1. The van der Waals surface area contributed by atoms with Gasteiger partial charge in [0.05, 0.1) is 4.90 Å². The second-order valence-electron chi connectivity index (χ2n) is 4.48. The average molecular weight is 356 g/mol. The summed E-state index contributed by atoms with van der Waals surface area (Å²) in [6, 6.07) is 11.6. The lowest BCUT2D eigenvalue weighted by molar-refractivity contribution is 0.475. The highest BCUT2D eigenvalue weighted by molar-refractivity contribution is 9.10. The molecule has 0 saturated carbocycles. The van der Waals surface area contributed by atoms with Gasteiger partial charge in [0.25, 0.3) is 0 Å². The van der Waals surface area contributed by atoms with E-state index in [4.69, 9.17) is 0 Å². The molecule has 20 heavy (non-hydrogen) atoms. The van der Waals surface area contributed by atoms with E-state index in [-0.39, 0.29) is 10.6 Å². The Morgan fingerprint density at radius 1 is 1.10 bits per heavy atom. The molecule has 0 atom stereocenters. The van der Waals surface area contributed by atoms with Crippen molar-refractivity contribution in [2.24, 2.45) is 0 Å². The molecule has 0 fully saturated rings. The van der Waals surface area contributed by atoms with Crippen molar-refractivity contribution in [3.63, 3.8) is 0 Å². The van der Waals surface area contributed by atoms with Gasteiger partial charge in [0.15, 0.2) is 0 Å². The smallest absolute Gasteiger partial charge is 0.243 e. The van der Waals surface area contributed by atoms with Crippen molar-refractivity contribution in [1.29, 1.82) is 0 Å². The summed E-state index contributed by atoms with van der Waals surface area (Å²) < 4.78 is 26.6. The standard InChI is InChI=1S/C14H14BrNO3S/c1-16(2)20(18,19)14-6-4-3-5-13(14)10-7-11(15)9-12(17)8-10/h3-9,17H,1-2H3. The molecular weight excluding hydrogens is 342 g/mol. The number of phenols is 1. The van der Waals surface area contributed by atoms with E-state index in [1.54, 1.807) is 36.4 Å². The van der Waals surface area contributed by atoms with Crippen LogP contribution in [-0.2, 0) is 10.0 Å². The fraction of sp³-hybridized carbons (Fsp3) is 0.143. The number of hydrogen-bond acceptors (Lipinski definition) is 3. The minimum Gasteiger partial charge on any atom is -0.508 e. The molecule has 2 aromatic carbocycles. The Kier molecular flexibility index (Phi) is 4.17. The van der Waals surface area contributed by atoms with Gasteiger partial charge in [-0.05, 0) is 29.8 Å². The molecule has 0 aliphatic heterocycles. The molecule has 0 spiro atoms. The van der Waals surface area contributed by atoms with Crippen LogP contribution >= 0.6 is 15.9 Å². The van der Waals surface area contributed by atoms with Gasteiger partial charge in [0.1, 0.15) is 5.75 Å². The van der Waals surface area contributed by atoms with Crippen LogP contribution in [0.25, 0.3) is 11.1 Å². The third-order valence-electron chi connectivity index (χ3n) is 2.84. The molecule has 0 unspecified atom stereocenters. The lowest BCUT2D eigenvalue weighted by Gasteiger charge is -2.15. The van der Waals surface area contributed by atoms with Crippen LogP contribution in [0, 0.1) is 0 Å². The Bertz CT molecular complexity index is 722. The minimum atomic E-state index is -3.55. The van der Waals surface area contributed by atoms with E-state index in [1.807, 2.05) is 0 Å². The van der Waals surface area contributed by atoms with Gasteiger partial charge in [0, 0.05) is 24.1 Å². The van der Waals surface area contributed by atoms with Crippen molar-refractivity contribution in [1.82, 2.24) is 4.31 Å². The van der Waals surface area contributed by atoms with Gasteiger partial charge < -0.3 is 5.11 Å². The van der Waals surface area contributed by atoms with E-state index in [0.29, 0.717) is 15.6 Å². The van der Waals surface area contributed by atoms with Crippen molar-refractivity contribution in [2.75, 3.05) is 14.1 Å². The van der Waals surface area contributed by atoms with Crippen LogP contribution in [0.1, 0.15) is 0 Å². The highest BCUT2D eigenvalue weighted by Crippen LogP contribution is 2.32. The third kappa shape index (κ3) is 2.87. The van der Waals surface area contributed by atoms with E-state index in [2.05, 4.69) is 15.9 Å². The summed E-state index contributed by atoms with van der Waals surface area (Å²) in [5.74, 6) is 0.0754. The topological polar surface area (TPSA) is 57.6 Å². The maximum atomic E-state index is 12.3.